The lowest BCUT2D eigenvalue weighted by molar-refractivity contribution is -0.309. The largest absolute Gasteiger partial charge is 0.549 e. The molecular formula is C40H62N9O11S3-3. The molecule has 1 aromatic carbocycles. The summed E-state index contributed by atoms with van der Waals surface area (Å²) in [6, 6.07) is 5.40. The van der Waals surface area contributed by atoms with Crippen molar-refractivity contribution >= 4 is 86.1 Å². The van der Waals surface area contributed by atoms with Crippen LogP contribution in [-0.2, 0) is 40.0 Å². The second kappa shape index (κ2) is 30.9. The zero-order valence-corrected chi connectivity index (χ0v) is 38.7. The molecule has 1 aliphatic heterocycles. The van der Waals surface area contributed by atoms with E-state index in [1.807, 2.05) is 31.2 Å². The molecule has 1 aromatic rings. The molecule has 2 rings (SSSR count). The molecule has 0 aliphatic carbocycles. The van der Waals surface area contributed by atoms with Crippen LogP contribution in [0, 0.1) is 0 Å². The van der Waals surface area contributed by atoms with E-state index >= 15 is 0 Å². The van der Waals surface area contributed by atoms with E-state index in [0.717, 1.165) is 11.3 Å². The van der Waals surface area contributed by atoms with Gasteiger partial charge in [-0.3, -0.25) is 33.9 Å². The van der Waals surface area contributed by atoms with Gasteiger partial charge in [-0.15, -0.1) is 0 Å². The van der Waals surface area contributed by atoms with Crippen molar-refractivity contribution in [3.05, 3.63) is 29.8 Å². The molecule has 20 nitrogen and oxygen atoms in total. The molecule has 1 saturated heterocycles. The number of carboxylic acid groups (broad SMARTS) is 4. The molecule has 3 unspecified atom stereocenters. The average Bonchev–Trinajstić information content (AvgIpc) is 3.21. The average molecular weight is 941 g/mol. The fraction of sp³-hybridized carbons (Fsp3) is 0.650. The third-order valence-corrected chi connectivity index (χ3v) is 12.8. The van der Waals surface area contributed by atoms with Crippen LogP contribution in [0.5, 0.6) is 0 Å². The van der Waals surface area contributed by atoms with Gasteiger partial charge in [-0.2, -0.15) is 0 Å². The summed E-state index contributed by atoms with van der Waals surface area (Å²) in [7, 11) is 4.69. The number of carbonyl (C=O) groups is 7. The molecule has 23 heteroatoms. The number of amides is 2. The highest BCUT2D eigenvalue weighted by Crippen LogP contribution is 2.20. The van der Waals surface area contributed by atoms with Crippen molar-refractivity contribution < 1.29 is 54.0 Å². The normalized spacial score (nSPS) is 17.0. The van der Waals surface area contributed by atoms with Crippen molar-refractivity contribution in [1.82, 2.24) is 40.9 Å². The standard InChI is InChI=1S/C40H65N9O11S3/c1-4-46-15-16-47(25-36(54)55)17-18-48(26-37(56)57)24-31(49(20-19-46)27-38(58)59)23-29-5-7-30(8-6-29)44-40(61)43-14-22-63-62-21-13-42-34(51)11-9-32(28(2)50)45-39(60)33(41-3)10-12-35(52)53/h5-8,31-33,41H,4,9-27H2,1-3H3,(H,42,51)(H,45,60)(H,52,53)(H,54,55)(H,56,57)(H,58,59)(H2,43,44,61)/p-3. The predicted molar refractivity (Wildman–Crippen MR) is 239 cm³/mol. The maximum Gasteiger partial charge on any atom is 0.303 e. The SMILES string of the molecule is CCN1CCN(CC(=O)[O-])CCN(CC(=O)[O-])CC(Cc2ccc(NC(=S)NCCSSCCNC(=O)CCC(NC(=O)C(CCC(=O)O)NC)C(C)=O)cc2)N(CC(=O)[O-])CC1. The molecule has 354 valence electrons. The van der Waals surface area contributed by atoms with Crippen molar-refractivity contribution in [2.24, 2.45) is 0 Å². The lowest BCUT2D eigenvalue weighted by Crippen LogP contribution is -2.55. The van der Waals surface area contributed by atoms with Gasteiger partial charge in [-0.1, -0.05) is 40.6 Å². The molecule has 1 heterocycles. The van der Waals surface area contributed by atoms with Gasteiger partial charge >= 0.3 is 5.97 Å². The Morgan fingerprint density at radius 1 is 0.778 bits per heavy atom. The van der Waals surface area contributed by atoms with E-state index in [1.165, 1.54) is 14.0 Å². The zero-order chi connectivity index (χ0) is 46.7. The minimum Gasteiger partial charge on any atom is -0.549 e. The van der Waals surface area contributed by atoms with Crippen LogP contribution in [0.25, 0.3) is 0 Å². The van der Waals surface area contributed by atoms with Crippen molar-refractivity contribution in [3.8, 4) is 0 Å². The molecule has 6 N–H and O–H groups in total. The molecule has 3 atom stereocenters. The van der Waals surface area contributed by atoms with Crippen LogP contribution in [0.3, 0.4) is 0 Å². The number of aliphatic carboxylic acids is 4. The molecule has 1 aliphatic rings. The van der Waals surface area contributed by atoms with Gasteiger partial charge in [0.25, 0.3) is 0 Å². The Morgan fingerprint density at radius 2 is 1.33 bits per heavy atom. The summed E-state index contributed by atoms with van der Waals surface area (Å²) in [5, 5.41) is 58.9. The lowest BCUT2D eigenvalue weighted by Gasteiger charge is -2.39. The third-order valence-electron chi connectivity index (χ3n) is 10.2. The van der Waals surface area contributed by atoms with E-state index < -0.39 is 54.5 Å². The van der Waals surface area contributed by atoms with Gasteiger partial charge in [0.1, 0.15) is 0 Å². The van der Waals surface area contributed by atoms with E-state index in [-0.39, 0.29) is 70.1 Å². The Kier molecular flexibility index (Phi) is 27.0. The number of hydrogen-bond donors (Lipinski definition) is 6. The van der Waals surface area contributed by atoms with Crippen LogP contribution in [0.1, 0.15) is 45.1 Å². The predicted octanol–water partition coefficient (Wildman–Crippen LogP) is -3.82. The molecule has 0 spiro atoms. The highest BCUT2D eigenvalue weighted by atomic mass is 33.1. The number of hydrogen-bond acceptors (Lipinski definition) is 18. The third kappa shape index (κ3) is 24.5. The molecule has 0 saturated carbocycles. The van der Waals surface area contributed by atoms with E-state index in [2.05, 4.69) is 31.5 Å². The molecule has 0 radical (unpaired) electrons. The number of Topliss-reactive ketones (excluding diaryl/α,β-unsaturated/α-hetero) is 1. The maximum absolute atomic E-state index is 12.5. The number of benzene rings is 1. The zero-order valence-electron chi connectivity index (χ0n) is 36.2. The van der Waals surface area contributed by atoms with Crippen LogP contribution >= 0.6 is 33.8 Å². The summed E-state index contributed by atoms with van der Waals surface area (Å²) in [5.74, 6) is -4.53. The van der Waals surface area contributed by atoms with Crippen molar-refractivity contribution in [2.75, 3.05) is 109 Å². The Hall–Kier alpha value is -4.10. The van der Waals surface area contributed by atoms with Crippen LogP contribution < -0.4 is 41.9 Å². The van der Waals surface area contributed by atoms with Crippen molar-refractivity contribution in [1.29, 1.82) is 0 Å². The molecular weight excluding hydrogens is 879 g/mol. The fourth-order valence-corrected chi connectivity index (χ4v) is 8.75. The van der Waals surface area contributed by atoms with E-state index in [9.17, 15) is 48.9 Å². The van der Waals surface area contributed by atoms with Gasteiger partial charge in [0.05, 0.1) is 30.0 Å². The number of likely N-dealkylation sites (N-methyl/N-ethyl adjacent to an activating group) is 2. The Labute approximate surface area is 382 Å². The van der Waals surface area contributed by atoms with Gasteiger partial charge in [0.15, 0.2) is 10.9 Å². The number of nitrogens with one attached hydrogen (secondary N) is 5. The molecule has 2 amide bonds. The van der Waals surface area contributed by atoms with Crippen LogP contribution in [0.2, 0.25) is 0 Å². The molecule has 63 heavy (non-hydrogen) atoms. The Morgan fingerprint density at radius 3 is 1.90 bits per heavy atom. The first-order valence-electron chi connectivity index (χ1n) is 20.8. The number of nitrogens with zero attached hydrogens (tertiary/aromatic N) is 4. The van der Waals surface area contributed by atoms with Crippen LogP contribution in [0.15, 0.2) is 24.3 Å². The summed E-state index contributed by atoms with van der Waals surface area (Å²) in [6.07, 6.45) is 0.392. The van der Waals surface area contributed by atoms with Gasteiger partial charge in [0.2, 0.25) is 11.8 Å². The lowest BCUT2D eigenvalue weighted by atomic mass is 10.0. The number of anilines is 1. The first-order chi connectivity index (χ1) is 30.0. The Bertz CT molecular complexity index is 1650. The molecule has 0 bridgehead atoms. The summed E-state index contributed by atoms with van der Waals surface area (Å²) in [4.78, 5) is 90.2. The fourth-order valence-electron chi connectivity index (χ4n) is 6.71. The van der Waals surface area contributed by atoms with E-state index in [1.54, 1.807) is 36.3 Å². The molecule has 1 fully saturated rings. The van der Waals surface area contributed by atoms with Gasteiger partial charge in [-0.05, 0) is 69.7 Å². The second-order valence-corrected chi connectivity index (χ2v) is 18.1. The topological polar surface area (TPSA) is 282 Å². The summed E-state index contributed by atoms with van der Waals surface area (Å²) in [6.45, 7) is 6.41. The summed E-state index contributed by atoms with van der Waals surface area (Å²) < 4.78 is 0. The van der Waals surface area contributed by atoms with Crippen LogP contribution in [0.4, 0.5) is 5.69 Å². The van der Waals surface area contributed by atoms with Gasteiger partial charge in [0, 0.05) is 115 Å². The minimum absolute atomic E-state index is 0.0303. The summed E-state index contributed by atoms with van der Waals surface area (Å²) >= 11 is 5.47. The highest BCUT2D eigenvalue weighted by Gasteiger charge is 2.26. The first kappa shape index (κ1) is 55.0. The van der Waals surface area contributed by atoms with Gasteiger partial charge < -0.3 is 66.3 Å². The smallest absolute Gasteiger partial charge is 0.303 e. The minimum atomic E-state index is -1.30. The van der Waals surface area contributed by atoms with Crippen molar-refractivity contribution in [3.63, 3.8) is 0 Å². The monoisotopic (exact) mass is 940 g/mol. The molecule has 0 aromatic heterocycles. The number of thiocarbonyl (C=S) groups is 1. The van der Waals surface area contributed by atoms with E-state index in [0.29, 0.717) is 68.9 Å². The second-order valence-electron chi connectivity index (χ2n) is 14.9. The quantitative estimate of drug-likeness (QED) is 0.0280. The number of rotatable bonds is 27. The summed E-state index contributed by atoms with van der Waals surface area (Å²) in [5.41, 5.74) is 1.60. The number of carboxylic acids is 4. The maximum atomic E-state index is 12.5. The highest BCUT2D eigenvalue weighted by molar-refractivity contribution is 8.76. The first-order valence-corrected chi connectivity index (χ1v) is 23.7. The van der Waals surface area contributed by atoms with E-state index in [4.69, 9.17) is 17.3 Å². The number of ketones is 1. The van der Waals surface area contributed by atoms with Crippen molar-refractivity contribution in [2.45, 2.75) is 64.1 Å². The van der Waals surface area contributed by atoms with Gasteiger partial charge in [-0.25, -0.2) is 0 Å². The van der Waals surface area contributed by atoms with Crippen LogP contribution in [-0.4, -0.2) is 193 Å². The Balaban J connectivity index is 1.84. The number of carbonyl (C=O) groups excluding carboxylic acids is 6.